The number of ether oxygens (including phenoxy) is 1. The van der Waals surface area contributed by atoms with Gasteiger partial charge in [-0.2, -0.15) is 13.2 Å². The molecule has 0 saturated carbocycles. The van der Waals surface area contributed by atoms with Crippen LogP contribution in [0.3, 0.4) is 0 Å². The molecule has 0 bridgehead atoms. The van der Waals surface area contributed by atoms with Gasteiger partial charge < -0.3 is 10.1 Å². The molecule has 23 heavy (non-hydrogen) atoms. The highest BCUT2D eigenvalue weighted by Gasteiger charge is 2.39. The molecule has 1 aromatic carbocycles. The summed E-state index contributed by atoms with van der Waals surface area (Å²) in [6.45, 7) is 3.57. The average molecular weight is 334 g/mol. The largest absolute Gasteiger partial charge is 0.450 e. The van der Waals surface area contributed by atoms with Gasteiger partial charge in [-0.3, -0.25) is 19.7 Å². The molecule has 0 atom stereocenters. The highest BCUT2D eigenvalue weighted by Crippen LogP contribution is 2.37. The Morgan fingerprint density at radius 1 is 1.26 bits per heavy atom. The molecule has 10 heteroatoms. The summed E-state index contributed by atoms with van der Waals surface area (Å²) in [7, 11) is 0. The molecule has 0 radical (unpaired) electrons. The summed E-state index contributed by atoms with van der Waals surface area (Å²) in [5.74, 6) is -1.63. The highest BCUT2D eigenvalue weighted by molar-refractivity contribution is 5.98. The number of nitro benzene ring substituents is 1. The molecular formula is C13H13F3N2O5. The van der Waals surface area contributed by atoms with Crippen LogP contribution in [-0.2, 0) is 20.5 Å². The van der Waals surface area contributed by atoms with Crippen LogP contribution in [0.5, 0.6) is 0 Å². The Hall–Kier alpha value is -2.65. The van der Waals surface area contributed by atoms with Crippen molar-refractivity contribution in [3.05, 3.63) is 33.9 Å². The Kier molecular flexibility index (Phi) is 4.98. The molecule has 0 unspecified atom stereocenters. The SMILES string of the molecule is CC(=O)OC(C)(C)C(=O)Nc1ccc([N+](=O)[O-])c(C(F)(F)F)c1. The maximum atomic E-state index is 12.8. The number of amides is 1. The zero-order valence-corrected chi connectivity index (χ0v) is 12.4. The lowest BCUT2D eigenvalue weighted by Crippen LogP contribution is -2.41. The normalized spacial score (nSPS) is 11.7. The number of hydrogen-bond donors (Lipinski definition) is 1. The number of nitro groups is 1. The molecule has 1 rings (SSSR count). The number of esters is 1. The van der Waals surface area contributed by atoms with Gasteiger partial charge in [-0.1, -0.05) is 0 Å². The van der Waals surface area contributed by atoms with Gasteiger partial charge in [-0.25, -0.2) is 0 Å². The van der Waals surface area contributed by atoms with Crippen molar-refractivity contribution in [2.75, 3.05) is 5.32 Å². The molecule has 0 aromatic heterocycles. The van der Waals surface area contributed by atoms with Crippen molar-refractivity contribution in [2.45, 2.75) is 32.5 Å². The van der Waals surface area contributed by atoms with E-state index in [1.54, 1.807) is 0 Å². The van der Waals surface area contributed by atoms with Crippen molar-refractivity contribution in [3.8, 4) is 0 Å². The van der Waals surface area contributed by atoms with E-state index < -0.39 is 39.8 Å². The van der Waals surface area contributed by atoms with Gasteiger partial charge in [0.2, 0.25) is 0 Å². The molecule has 1 amide bonds. The number of halogens is 3. The highest BCUT2D eigenvalue weighted by atomic mass is 19.4. The van der Waals surface area contributed by atoms with E-state index >= 15 is 0 Å². The molecular weight excluding hydrogens is 321 g/mol. The van der Waals surface area contributed by atoms with Gasteiger partial charge >= 0.3 is 12.1 Å². The van der Waals surface area contributed by atoms with Crippen LogP contribution in [0, 0.1) is 10.1 Å². The minimum Gasteiger partial charge on any atom is -0.450 e. The van der Waals surface area contributed by atoms with Crippen molar-refractivity contribution in [2.24, 2.45) is 0 Å². The summed E-state index contributed by atoms with van der Waals surface area (Å²) >= 11 is 0. The molecule has 0 aliphatic carbocycles. The molecule has 7 nitrogen and oxygen atoms in total. The Bertz CT molecular complexity index is 656. The summed E-state index contributed by atoms with van der Waals surface area (Å²) in [4.78, 5) is 32.3. The standard InChI is InChI=1S/C13H13F3N2O5/c1-7(19)23-12(2,3)11(20)17-8-4-5-10(18(21)22)9(6-8)13(14,15)16/h4-6H,1-3H3,(H,17,20). The van der Waals surface area contributed by atoms with Crippen molar-refractivity contribution < 1.29 is 32.4 Å². The number of benzene rings is 1. The van der Waals surface area contributed by atoms with Gasteiger partial charge in [-0.15, -0.1) is 0 Å². The van der Waals surface area contributed by atoms with E-state index in [2.05, 4.69) is 5.32 Å². The van der Waals surface area contributed by atoms with Crippen LogP contribution in [0.4, 0.5) is 24.5 Å². The Labute approximate surface area is 128 Å². The fourth-order valence-corrected chi connectivity index (χ4v) is 1.69. The first kappa shape index (κ1) is 18.4. The van der Waals surface area contributed by atoms with E-state index in [1.807, 2.05) is 0 Å². The summed E-state index contributed by atoms with van der Waals surface area (Å²) in [5, 5.41) is 12.8. The lowest BCUT2D eigenvalue weighted by Gasteiger charge is -2.23. The topological polar surface area (TPSA) is 98.5 Å². The zero-order valence-electron chi connectivity index (χ0n) is 12.4. The zero-order chi connectivity index (χ0) is 18.0. The second kappa shape index (κ2) is 6.23. The van der Waals surface area contributed by atoms with Crippen molar-refractivity contribution >= 4 is 23.3 Å². The molecule has 0 spiro atoms. The molecule has 0 aliphatic heterocycles. The van der Waals surface area contributed by atoms with Gasteiger partial charge in [0.15, 0.2) is 5.60 Å². The number of carbonyl (C=O) groups is 2. The number of alkyl halides is 3. The number of carbonyl (C=O) groups excluding carboxylic acids is 2. The minimum absolute atomic E-state index is 0.312. The third-order valence-corrected chi connectivity index (χ3v) is 2.70. The molecule has 1 aromatic rings. The maximum Gasteiger partial charge on any atom is 0.423 e. The lowest BCUT2D eigenvalue weighted by atomic mass is 10.1. The molecule has 126 valence electrons. The molecule has 0 heterocycles. The van der Waals surface area contributed by atoms with Crippen LogP contribution in [0.2, 0.25) is 0 Å². The second-order valence-electron chi connectivity index (χ2n) is 5.04. The molecule has 0 saturated heterocycles. The van der Waals surface area contributed by atoms with E-state index in [0.29, 0.717) is 12.1 Å². The summed E-state index contributed by atoms with van der Waals surface area (Å²) < 4.78 is 43.3. The number of rotatable bonds is 4. The first-order chi connectivity index (χ1) is 10.3. The predicted molar refractivity (Wildman–Crippen MR) is 72.6 cm³/mol. The van der Waals surface area contributed by atoms with Crippen molar-refractivity contribution in [1.82, 2.24) is 0 Å². The average Bonchev–Trinajstić information content (AvgIpc) is 2.35. The van der Waals surface area contributed by atoms with Gasteiger partial charge in [-0.05, 0) is 26.0 Å². The predicted octanol–water partition coefficient (Wildman–Crippen LogP) is 2.89. The van der Waals surface area contributed by atoms with Crippen LogP contribution >= 0.6 is 0 Å². The van der Waals surface area contributed by atoms with Crippen LogP contribution < -0.4 is 5.32 Å². The van der Waals surface area contributed by atoms with E-state index in [0.717, 1.165) is 13.0 Å². The Morgan fingerprint density at radius 3 is 2.26 bits per heavy atom. The van der Waals surface area contributed by atoms with Gasteiger partial charge in [0.1, 0.15) is 5.56 Å². The molecule has 0 fully saturated rings. The Morgan fingerprint density at radius 2 is 1.83 bits per heavy atom. The van der Waals surface area contributed by atoms with Crippen molar-refractivity contribution in [1.29, 1.82) is 0 Å². The van der Waals surface area contributed by atoms with Crippen LogP contribution in [0.1, 0.15) is 26.3 Å². The third kappa shape index (κ3) is 4.66. The van der Waals surface area contributed by atoms with Crippen molar-refractivity contribution in [3.63, 3.8) is 0 Å². The third-order valence-electron chi connectivity index (χ3n) is 2.70. The quantitative estimate of drug-likeness (QED) is 0.518. The van der Waals surface area contributed by atoms with Crippen LogP contribution in [0.25, 0.3) is 0 Å². The first-order valence-electron chi connectivity index (χ1n) is 6.21. The maximum absolute atomic E-state index is 12.8. The smallest absolute Gasteiger partial charge is 0.423 e. The van der Waals surface area contributed by atoms with E-state index in [9.17, 15) is 32.9 Å². The summed E-state index contributed by atoms with van der Waals surface area (Å²) in [5.41, 5.74) is -4.56. The van der Waals surface area contributed by atoms with E-state index in [4.69, 9.17) is 4.74 Å². The number of anilines is 1. The Balaban J connectivity index is 3.14. The van der Waals surface area contributed by atoms with Gasteiger partial charge in [0.05, 0.1) is 4.92 Å². The first-order valence-corrected chi connectivity index (χ1v) is 6.21. The summed E-state index contributed by atoms with van der Waals surface area (Å²) in [6, 6.07) is 2.03. The summed E-state index contributed by atoms with van der Waals surface area (Å²) in [6.07, 6.45) is -4.96. The molecule has 0 aliphatic rings. The fourth-order valence-electron chi connectivity index (χ4n) is 1.69. The van der Waals surface area contributed by atoms with Crippen LogP contribution in [0.15, 0.2) is 18.2 Å². The van der Waals surface area contributed by atoms with Gasteiger partial charge in [0.25, 0.3) is 11.6 Å². The number of nitrogens with one attached hydrogen (secondary N) is 1. The number of nitrogens with zero attached hydrogens (tertiary/aromatic N) is 1. The van der Waals surface area contributed by atoms with Gasteiger partial charge in [0, 0.05) is 18.7 Å². The number of hydrogen-bond acceptors (Lipinski definition) is 5. The van der Waals surface area contributed by atoms with E-state index in [1.165, 1.54) is 13.8 Å². The van der Waals surface area contributed by atoms with E-state index in [-0.39, 0.29) is 5.69 Å². The minimum atomic E-state index is -4.96. The van der Waals surface area contributed by atoms with Crippen LogP contribution in [-0.4, -0.2) is 22.4 Å². The fraction of sp³-hybridized carbons (Fsp3) is 0.385. The molecule has 1 N–H and O–H groups in total. The lowest BCUT2D eigenvalue weighted by molar-refractivity contribution is -0.388. The second-order valence-corrected chi connectivity index (χ2v) is 5.04. The monoisotopic (exact) mass is 334 g/mol.